The summed E-state index contributed by atoms with van der Waals surface area (Å²) in [5.41, 5.74) is 9.47. The second-order valence-corrected chi connectivity index (χ2v) is 7.55. The van der Waals surface area contributed by atoms with Crippen LogP contribution in [-0.2, 0) is 18.3 Å². The Balaban J connectivity index is 0.00000324. The third-order valence-electron chi connectivity index (χ3n) is 5.00. The van der Waals surface area contributed by atoms with Crippen LogP contribution in [-0.4, -0.2) is 36.9 Å². The smallest absolute Gasteiger partial charge is 0.304 e. The van der Waals surface area contributed by atoms with Crippen LogP contribution in [0.3, 0.4) is 0 Å². The number of hydrogen-bond donors (Lipinski definition) is 2. The lowest BCUT2D eigenvalue weighted by Gasteiger charge is -2.10. The molecule has 0 fully saturated rings. The molecule has 0 radical (unpaired) electrons. The molecule has 8 nitrogen and oxygen atoms in total. The number of aromatic nitrogens is 4. The third kappa shape index (κ3) is 5.94. The van der Waals surface area contributed by atoms with E-state index in [1.54, 1.807) is 48.3 Å². The van der Waals surface area contributed by atoms with Gasteiger partial charge in [-0.25, -0.2) is 9.37 Å². The van der Waals surface area contributed by atoms with E-state index in [4.69, 9.17) is 15.6 Å². The van der Waals surface area contributed by atoms with Crippen LogP contribution in [0.25, 0.3) is 22.5 Å². The highest BCUT2D eigenvalue weighted by Crippen LogP contribution is 2.28. The zero-order valence-corrected chi connectivity index (χ0v) is 19.1. The van der Waals surface area contributed by atoms with Crippen molar-refractivity contribution in [2.45, 2.75) is 18.9 Å². The molecule has 0 amide bonds. The first-order valence-electron chi connectivity index (χ1n) is 10.2. The number of ether oxygens (including phenoxy) is 1. The highest BCUT2D eigenvalue weighted by atomic mass is 35.5. The second-order valence-electron chi connectivity index (χ2n) is 7.55. The fraction of sp³-hybridized carbons (Fsp3) is 0.167. The van der Waals surface area contributed by atoms with Gasteiger partial charge in [-0.15, -0.1) is 12.4 Å². The number of nitrogens with two attached hydrogens (primary N) is 1. The second kappa shape index (κ2) is 10.9. The van der Waals surface area contributed by atoms with Crippen molar-refractivity contribution >= 4 is 18.4 Å². The van der Waals surface area contributed by atoms with Crippen LogP contribution < -0.4 is 10.5 Å². The number of carbonyl (C=O) groups is 1. The molecule has 0 saturated carbocycles. The van der Waals surface area contributed by atoms with Crippen molar-refractivity contribution in [1.29, 1.82) is 0 Å². The van der Waals surface area contributed by atoms with E-state index < -0.39 is 17.8 Å². The number of nitrogens with zero attached hydrogens (tertiary/aromatic N) is 4. The van der Waals surface area contributed by atoms with Crippen LogP contribution in [0.15, 0.2) is 67.0 Å². The van der Waals surface area contributed by atoms with Gasteiger partial charge in [-0.1, -0.05) is 6.07 Å². The molecule has 4 aromatic rings. The third-order valence-corrected chi connectivity index (χ3v) is 5.00. The quantitative estimate of drug-likeness (QED) is 0.385. The Morgan fingerprint density at radius 3 is 2.59 bits per heavy atom. The number of aliphatic carboxylic acids is 1. The van der Waals surface area contributed by atoms with Crippen LogP contribution >= 0.6 is 12.4 Å². The first-order valence-corrected chi connectivity index (χ1v) is 10.2. The lowest BCUT2D eigenvalue weighted by Crippen LogP contribution is -2.26. The first kappa shape index (κ1) is 24.8. The van der Waals surface area contributed by atoms with Crippen molar-refractivity contribution < 1.29 is 19.0 Å². The molecule has 176 valence electrons. The van der Waals surface area contributed by atoms with Crippen molar-refractivity contribution in [3.8, 4) is 34.1 Å². The van der Waals surface area contributed by atoms with Gasteiger partial charge in [-0.05, 0) is 48.5 Å². The standard InChI is InChI=1S/C24H22FN5O3.ClH/c1-30-22(9-10-28-30)16-11-20(25)24(27-14-16)33-19-7-5-15(6-8-19)21-4-2-3-18(29-21)12-17(26)13-23(31)32;/h2-11,14,17H,12-13,26H2,1H3,(H,31,32);1H. The van der Waals surface area contributed by atoms with Crippen molar-refractivity contribution in [1.82, 2.24) is 19.7 Å². The zero-order chi connectivity index (χ0) is 23.4. The van der Waals surface area contributed by atoms with Gasteiger partial charge in [0.25, 0.3) is 5.88 Å². The summed E-state index contributed by atoms with van der Waals surface area (Å²) >= 11 is 0. The van der Waals surface area contributed by atoms with Crippen molar-refractivity contribution in [2.24, 2.45) is 12.8 Å². The van der Waals surface area contributed by atoms with E-state index in [0.717, 1.165) is 11.3 Å². The topological polar surface area (TPSA) is 116 Å². The first-order chi connectivity index (χ1) is 15.9. The molecule has 1 unspecified atom stereocenters. The summed E-state index contributed by atoms with van der Waals surface area (Å²) in [6, 6.07) is 15.2. The molecule has 34 heavy (non-hydrogen) atoms. The number of hydrogen-bond acceptors (Lipinski definition) is 6. The van der Waals surface area contributed by atoms with E-state index in [-0.39, 0.29) is 24.7 Å². The molecule has 0 aliphatic carbocycles. The van der Waals surface area contributed by atoms with E-state index in [0.29, 0.717) is 29.1 Å². The average Bonchev–Trinajstić information content (AvgIpc) is 3.21. The highest BCUT2D eigenvalue weighted by molar-refractivity contribution is 5.85. The Labute approximate surface area is 201 Å². The maximum atomic E-state index is 14.6. The van der Waals surface area contributed by atoms with E-state index >= 15 is 0 Å². The molecule has 1 atom stereocenters. The number of rotatable bonds is 8. The summed E-state index contributed by atoms with van der Waals surface area (Å²) in [6.07, 6.45) is 3.41. The normalized spacial score (nSPS) is 11.5. The zero-order valence-electron chi connectivity index (χ0n) is 18.3. The minimum absolute atomic E-state index is 0. The molecular weight excluding hydrogens is 461 g/mol. The Morgan fingerprint density at radius 1 is 1.18 bits per heavy atom. The molecule has 3 heterocycles. The largest absolute Gasteiger partial charge is 0.481 e. The molecule has 1 aromatic carbocycles. The van der Waals surface area contributed by atoms with Gasteiger partial charge in [0, 0.05) is 48.7 Å². The van der Waals surface area contributed by atoms with Crippen molar-refractivity contribution in [2.75, 3.05) is 0 Å². The van der Waals surface area contributed by atoms with E-state index in [2.05, 4.69) is 15.1 Å². The summed E-state index contributed by atoms with van der Waals surface area (Å²) in [7, 11) is 1.77. The molecule has 0 spiro atoms. The van der Waals surface area contributed by atoms with E-state index in [9.17, 15) is 9.18 Å². The Kier molecular flexibility index (Phi) is 7.93. The predicted molar refractivity (Wildman–Crippen MR) is 127 cm³/mol. The number of benzene rings is 1. The molecule has 0 aliphatic heterocycles. The van der Waals surface area contributed by atoms with Gasteiger partial charge in [0.05, 0.1) is 17.8 Å². The Morgan fingerprint density at radius 2 is 1.94 bits per heavy atom. The maximum Gasteiger partial charge on any atom is 0.304 e. The van der Waals surface area contributed by atoms with Crippen LogP contribution in [0.1, 0.15) is 12.1 Å². The van der Waals surface area contributed by atoms with Gasteiger partial charge < -0.3 is 15.6 Å². The fourth-order valence-corrected chi connectivity index (χ4v) is 3.42. The van der Waals surface area contributed by atoms with Gasteiger partial charge in [0.15, 0.2) is 5.82 Å². The summed E-state index contributed by atoms with van der Waals surface area (Å²) < 4.78 is 21.8. The summed E-state index contributed by atoms with van der Waals surface area (Å²) in [5, 5.41) is 12.9. The average molecular weight is 484 g/mol. The molecule has 0 aliphatic rings. The maximum absolute atomic E-state index is 14.6. The van der Waals surface area contributed by atoms with Gasteiger partial charge in [0.2, 0.25) is 0 Å². The number of pyridine rings is 2. The summed E-state index contributed by atoms with van der Waals surface area (Å²) in [4.78, 5) is 19.5. The molecule has 4 rings (SSSR count). The molecular formula is C24H23ClFN5O3. The summed E-state index contributed by atoms with van der Waals surface area (Å²) in [6.45, 7) is 0. The lowest BCUT2D eigenvalue weighted by molar-refractivity contribution is -0.137. The number of carboxylic acids is 1. The molecule has 3 aromatic heterocycles. The molecule has 0 saturated heterocycles. The van der Waals surface area contributed by atoms with Gasteiger partial charge >= 0.3 is 5.97 Å². The minimum atomic E-state index is -0.938. The number of halogens is 2. The van der Waals surface area contributed by atoms with Gasteiger partial charge in [0.1, 0.15) is 5.75 Å². The van der Waals surface area contributed by atoms with Crippen LogP contribution in [0.2, 0.25) is 0 Å². The minimum Gasteiger partial charge on any atom is -0.481 e. The number of carboxylic acid groups (broad SMARTS) is 1. The molecule has 3 N–H and O–H groups in total. The molecule has 0 bridgehead atoms. The summed E-state index contributed by atoms with van der Waals surface area (Å²) in [5.74, 6) is -1.21. The molecule has 10 heteroatoms. The Hall–Kier alpha value is -3.82. The van der Waals surface area contributed by atoms with E-state index in [1.165, 1.54) is 12.3 Å². The fourth-order valence-electron chi connectivity index (χ4n) is 3.42. The van der Waals surface area contributed by atoms with Crippen LogP contribution in [0.4, 0.5) is 4.39 Å². The van der Waals surface area contributed by atoms with Gasteiger partial charge in [-0.2, -0.15) is 5.10 Å². The van der Waals surface area contributed by atoms with Crippen LogP contribution in [0, 0.1) is 5.82 Å². The highest BCUT2D eigenvalue weighted by Gasteiger charge is 2.13. The van der Waals surface area contributed by atoms with Crippen molar-refractivity contribution in [3.05, 3.63) is 78.5 Å². The number of aryl methyl sites for hydroxylation is 1. The van der Waals surface area contributed by atoms with E-state index in [1.807, 2.05) is 18.2 Å². The van der Waals surface area contributed by atoms with Gasteiger partial charge in [-0.3, -0.25) is 14.5 Å². The SMILES string of the molecule is Cl.Cn1nccc1-c1cnc(Oc2ccc(-c3cccc(CC(N)CC(=O)O)n3)cc2)c(F)c1. The monoisotopic (exact) mass is 483 g/mol. The Bertz CT molecular complexity index is 1280. The van der Waals surface area contributed by atoms with Crippen LogP contribution in [0.5, 0.6) is 11.6 Å². The van der Waals surface area contributed by atoms with Crippen molar-refractivity contribution in [3.63, 3.8) is 0 Å². The predicted octanol–water partition coefficient (Wildman–Crippen LogP) is 4.24. The lowest BCUT2D eigenvalue weighted by atomic mass is 10.1.